The van der Waals surface area contributed by atoms with Gasteiger partial charge < -0.3 is 0 Å². The van der Waals surface area contributed by atoms with E-state index < -0.39 is 0 Å². The van der Waals surface area contributed by atoms with Gasteiger partial charge in [0.2, 0.25) is 0 Å². The van der Waals surface area contributed by atoms with Gasteiger partial charge in [-0.2, -0.15) is 0 Å². The third-order valence-electron chi connectivity index (χ3n) is 0.805. The molecule has 1 aliphatic heterocycles. The van der Waals surface area contributed by atoms with E-state index >= 15 is 0 Å². The van der Waals surface area contributed by atoms with Gasteiger partial charge in [0.15, 0.2) is 0 Å². The fraction of sp³-hybridized carbons (Fsp3) is 0.500. The molecule has 0 unspecified atom stereocenters. The fourth-order valence-electron chi connectivity index (χ4n) is 0.473. The summed E-state index contributed by atoms with van der Waals surface area (Å²) < 4.78 is 0. The van der Waals surface area contributed by atoms with Crippen LogP contribution in [-0.4, -0.2) is 25.0 Å². The third kappa shape index (κ3) is 0.561. The average Bonchev–Trinajstić information content (AvgIpc) is 1.86. The van der Waals surface area contributed by atoms with E-state index in [0.717, 1.165) is 12.2 Å². The van der Waals surface area contributed by atoms with E-state index in [9.17, 15) is 0 Å². The molecule has 0 aromatic rings. The second-order valence-corrected chi connectivity index (χ2v) is 1.38. The van der Waals surface area contributed by atoms with Crippen LogP contribution in [0, 0.1) is 0 Å². The van der Waals surface area contributed by atoms with Gasteiger partial charge >= 0.3 is 37.0 Å². The minimum absolute atomic E-state index is 0.895. The van der Waals surface area contributed by atoms with Gasteiger partial charge in [0.05, 0.1) is 0 Å². The fourth-order valence-corrected chi connectivity index (χ4v) is 0.473. The molecule has 0 N–H and O–H groups in total. The van der Waals surface area contributed by atoms with Crippen molar-refractivity contribution in [1.82, 2.24) is 0 Å². The quantitative estimate of drug-likeness (QED) is 0.360. The Hall–Kier alpha value is -0.395. The van der Waals surface area contributed by atoms with Gasteiger partial charge in [0.1, 0.15) is 0 Å². The average molecular weight is 78.9 g/mol. The second-order valence-electron chi connectivity index (χ2n) is 1.38. The Morgan fingerprint density at radius 1 is 2.00 bits per heavy atom. The summed E-state index contributed by atoms with van der Waals surface area (Å²) in [6.45, 7) is 4.93. The van der Waals surface area contributed by atoms with E-state index in [1.807, 2.05) is 13.8 Å². The van der Waals surface area contributed by atoms with E-state index in [0.29, 0.717) is 0 Å². The number of hydrogen-bond donors (Lipinski definition) is 0. The van der Waals surface area contributed by atoms with Crippen LogP contribution < -0.4 is 0 Å². The summed E-state index contributed by atoms with van der Waals surface area (Å²) in [4.78, 5) is 4.04. The maximum atomic E-state index is 4.04. The van der Waals surface area contributed by atoms with Gasteiger partial charge in [0.25, 0.3) is 0 Å². The first-order chi connectivity index (χ1) is 2.89. The van der Waals surface area contributed by atoms with Crippen molar-refractivity contribution < 1.29 is 0 Å². The van der Waals surface area contributed by atoms with E-state index in [4.69, 9.17) is 0 Å². The third-order valence-corrected chi connectivity index (χ3v) is 0.805. The topological polar surface area (TPSA) is 12.4 Å². The van der Waals surface area contributed by atoms with Crippen molar-refractivity contribution >= 4 is 18.5 Å². The summed E-state index contributed by atoms with van der Waals surface area (Å²) in [7, 11) is 0. The molecule has 0 saturated carbocycles. The van der Waals surface area contributed by atoms with Crippen LogP contribution in [0.15, 0.2) is 4.99 Å². The summed E-state index contributed by atoms with van der Waals surface area (Å²) in [6, 6.07) is 0. The summed E-state index contributed by atoms with van der Waals surface area (Å²) in [5.74, 6) is 2.05. The molecular formula is C4H6BN. The van der Waals surface area contributed by atoms with E-state index in [-0.39, 0.29) is 0 Å². The van der Waals surface area contributed by atoms with Crippen LogP contribution >= 0.6 is 0 Å². The van der Waals surface area contributed by atoms with Crippen LogP contribution in [-0.2, 0) is 0 Å². The zero-order chi connectivity index (χ0) is 4.41. The molecule has 0 aromatic heterocycles. The zero-order valence-electron chi connectivity index (χ0n) is 3.81. The van der Waals surface area contributed by atoms with Crippen LogP contribution in [0.2, 0.25) is 0 Å². The molecule has 0 amide bonds. The monoisotopic (exact) mass is 79.1 g/mol. The van der Waals surface area contributed by atoms with Crippen LogP contribution in [0.3, 0.4) is 0 Å². The van der Waals surface area contributed by atoms with Crippen LogP contribution in [0.5, 0.6) is 0 Å². The van der Waals surface area contributed by atoms with Crippen LogP contribution in [0.1, 0.15) is 6.92 Å². The number of rotatable bonds is 0. The Labute approximate surface area is 38.0 Å². The Balaban J connectivity index is 2.68. The maximum absolute atomic E-state index is 4.04. The molecule has 0 fully saturated rings. The Morgan fingerprint density at radius 3 is 3.00 bits per heavy atom. The van der Waals surface area contributed by atoms with Crippen molar-refractivity contribution in [3.63, 3.8) is 0 Å². The van der Waals surface area contributed by atoms with Crippen LogP contribution in [0.4, 0.5) is 0 Å². The molecule has 2 heteroatoms. The first-order valence-electron chi connectivity index (χ1n) is 2.07. The molecule has 0 atom stereocenters. The van der Waals surface area contributed by atoms with Gasteiger partial charge in [-0.25, -0.2) is 0 Å². The van der Waals surface area contributed by atoms with Crippen molar-refractivity contribution in [2.45, 2.75) is 6.92 Å². The predicted molar refractivity (Wildman–Crippen MR) is 29.8 cm³/mol. The molecule has 6 heavy (non-hydrogen) atoms. The van der Waals surface area contributed by atoms with Crippen molar-refractivity contribution in [1.29, 1.82) is 0 Å². The first-order valence-corrected chi connectivity index (χ1v) is 2.07. The van der Waals surface area contributed by atoms with Crippen molar-refractivity contribution in [3.05, 3.63) is 0 Å². The molecule has 1 nitrogen and oxygen atoms in total. The van der Waals surface area contributed by atoms with E-state index in [2.05, 4.69) is 11.0 Å². The molecule has 0 spiro atoms. The molecular weight excluding hydrogens is 72.9 g/mol. The zero-order valence-corrected chi connectivity index (χ0v) is 3.81. The van der Waals surface area contributed by atoms with E-state index in [1.54, 1.807) is 0 Å². The van der Waals surface area contributed by atoms with Crippen molar-refractivity contribution in [3.8, 4) is 0 Å². The molecule has 0 bridgehead atoms. The second kappa shape index (κ2) is 1.37. The summed E-state index contributed by atoms with van der Waals surface area (Å²) in [5, 5.41) is 0. The molecule has 0 saturated heterocycles. The van der Waals surface area contributed by atoms with Gasteiger partial charge in [-0.15, -0.1) is 0 Å². The van der Waals surface area contributed by atoms with Gasteiger partial charge in [-0.3, -0.25) is 0 Å². The molecule has 0 aliphatic carbocycles. The predicted octanol–water partition coefficient (Wildman–Crippen LogP) is -0.0752. The number of hydrogen-bond acceptors (Lipinski definition) is 1. The van der Waals surface area contributed by atoms with Gasteiger partial charge in [-0.1, -0.05) is 0 Å². The SMILES string of the molecule is CC1=NCC=B1. The Bertz CT molecular complexity index is 101. The molecule has 0 aromatic carbocycles. The first kappa shape index (κ1) is 3.78. The molecule has 1 heterocycles. The van der Waals surface area contributed by atoms with E-state index in [1.165, 1.54) is 0 Å². The van der Waals surface area contributed by atoms with Crippen LogP contribution in [0.25, 0.3) is 0 Å². The molecule has 0 radical (unpaired) electrons. The Morgan fingerprint density at radius 2 is 2.83 bits per heavy atom. The number of aliphatic imine (C=N–C) groups is 1. The van der Waals surface area contributed by atoms with Crippen molar-refractivity contribution in [2.24, 2.45) is 4.99 Å². The summed E-state index contributed by atoms with van der Waals surface area (Å²) in [6.07, 6.45) is 0. The molecule has 1 aliphatic rings. The molecule has 1 rings (SSSR count). The van der Waals surface area contributed by atoms with Gasteiger partial charge in [0, 0.05) is 0 Å². The summed E-state index contributed by atoms with van der Waals surface area (Å²) in [5.41, 5.74) is 1.15. The normalized spacial score (nSPS) is 17.2. The summed E-state index contributed by atoms with van der Waals surface area (Å²) >= 11 is 0. The Kier molecular flexibility index (Phi) is 0.865. The van der Waals surface area contributed by atoms with Crippen molar-refractivity contribution in [2.75, 3.05) is 6.54 Å². The number of nitrogens with zero attached hydrogens (tertiary/aromatic N) is 1. The molecule has 30 valence electrons. The van der Waals surface area contributed by atoms with Gasteiger partial charge in [-0.05, 0) is 0 Å². The minimum atomic E-state index is 0.895. The standard InChI is InChI=1S/C4H6BN/c1-4-5-2-3-6-4/h2H,3H2,1H3.